The van der Waals surface area contributed by atoms with Crippen LogP contribution in [0.3, 0.4) is 0 Å². The summed E-state index contributed by atoms with van der Waals surface area (Å²) in [5.41, 5.74) is 0.681. The molecule has 0 bridgehead atoms. The molecule has 0 N–H and O–H groups in total. The average molecular weight is 189 g/mol. The molecule has 0 fully saturated rings. The highest BCUT2D eigenvalue weighted by atomic mass is 19.1. The first kappa shape index (κ1) is 8.81. The number of Topliss-reactive ketones (excluding diaryl/α,β-unsaturated/α-hetero) is 1. The molecule has 0 saturated carbocycles. The van der Waals surface area contributed by atoms with Crippen LogP contribution < -0.4 is 0 Å². The summed E-state index contributed by atoms with van der Waals surface area (Å²) < 4.78 is 13.4. The molecule has 2 nitrogen and oxygen atoms in total. The number of halogens is 1. The molecular formula is C11H8FNO. The third-order valence-electron chi connectivity index (χ3n) is 2.06. The summed E-state index contributed by atoms with van der Waals surface area (Å²) in [7, 11) is 0. The lowest BCUT2D eigenvalue weighted by Gasteiger charge is -2.00. The van der Waals surface area contributed by atoms with Gasteiger partial charge in [0.15, 0.2) is 5.78 Å². The number of aromatic nitrogens is 1. The maximum atomic E-state index is 13.4. The van der Waals surface area contributed by atoms with E-state index in [1.54, 1.807) is 18.2 Å². The van der Waals surface area contributed by atoms with Gasteiger partial charge in [-0.25, -0.2) is 4.39 Å². The third kappa shape index (κ3) is 1.37. The molecule has 1 aromatic carbocycles. The highest BCUT2D eigenvalue weighted by Crippen LogP contribution is 2.17. The molecule has 3 heteroatoms. The van der Waals surface area contributed by atoms with E-state index in [-0.39, 0.29) is 5.78 Å². The summed E-state index contributed by atoms with van der Waals surface area (Å²) in [6.07, 6.45) is 1.53. The van der Waals surface area contributed by atoms with Gasteiger partial charge < -0.3 is 0 Å². The fourth-order valence-corrected chi connectivity index (χ4v) is 1.35. The van der Waals surface area contributed by atoms with Gasteiger partial charge in [0.25, 0.3) is 0 Å². The van der Waals surface area contributed by atoms with Crippen molar-refractivity contribution in [3.8, 4) is 0 Å². The Kier molecular flexibility index (Phi) is 2.00. The summed E-state index contributed by atoms with van der Waals surface area (Å²) >= 11 is 0. The fourth-order valence-electron chi connectivity index (χ4n) is 1.35. The standard InChI is InChI=1S/C11H8FNO/c1-7(14)9-5-8-3-2-4-13-11(8)10(12)6-9/h2-6H,1H3. The minimum absolute atomic E-state index is 0.144. The van der Waals surface area contributed by atoms with Crippen molar-refractivity contribution in [2.75, 3.05) is 0 Å². The van der Waals surface area contributed by atoms with E-state index in [4.69, 9.17) is 0 Å². The van der Waals surface area contributed by atoms with Crippen molar-refractivity contribution in [3.05, 3.63) is 41.8 Å². The van der Waals surface area contributed by atoms with Crippen LogP contribution in [0.5, 0.6) is 0 Å². The Morgan fingerprint density at radius 1 is 1.43 bits per heavy atom. The number of nitrogens with zero attached hydrogens (tertiary/aromatic N) is 1. The first-order chi connectivity index (χ1) is 6.68. The number of fused-ring (bicyclic) bond motifs is 1. The number of pyridine rings is 1. The summed E-state index contributed by atoms with van der Waals surface area (Å²) in [5.74, 6) is -0.594. The van der Waals surface area contributed by atoms with E-state index in [2.05, 4.69) is 4.98 Å². The minimum atomic E-state index is -0.451. The highest BCUT2D eigenvalue weighted by molar-refractivity contribution is 5.97. The lowest BCUT2D eigenvalue weighted by atomic mass is 10.1. The molecule has 0 radical (unpaired) electrons. The second kappa shape index (κ2) is 3.18. The zero-order valence-corrected chi connectivity index (χ0v) is 7.62. The molecule has 2 aromatic rings. The largest absolute Gasteiger partial charge is 0.295 e. The average Bonchev–Trinajstić information content (AvgIpc) is 2.17. The number of benzene rings is 1. The molecule has 0 amide bonds. The third-order valence-corrected chi connectivity index (χ3v) is 2.06. The maximum Gasteiger partial charge on any atom is 0.159 e. The molecular weight excluding hydrogens is 181 g/mol. The Morgan fingerprint density at radius 2 is 2.21 bits per heavy atom. The zero-order chi connectivity index (χ0) is 10.1. The molecule has 0 unspecified atom stereocenters. The van der Waals surface area contributed by atoms with Gasteiger partial charge in [0.2, 0.25) is 0 Å². The van der Waals surface area contributed by atoms with Crippen molar-refractivity contribution in [1.82, 2.24) is 4.98 Å². The monoisotopic (exact) mass is 189 g/mol. The fraction of sp³-hybridized carbons (Fsp3) is 0.0909. The first-order valence-corrected chi connectivity index (χ1v) is 4.23. The number of hydrogen-bond donors (Lipinski definition) is 0. The summed E-state index contributed by atoms with van der Waals surface area (Å²) in [6.45, 7) is 1.41. The maximum absolute atomic E-state index is 13.4. The first-order valence-electron chi connectivity index (χ1n) is 4.23. The quantitative estimate of drug-likeness (QED) is 0.645. The second-order valence-corrected chi connectivity index (χ2v) is 3.09. The van der Waals surface area contributed by atoms with Crippen LogP contribution in [0.2, 0.25) is 0 Å². The van der Waals surface area contributed by atoms with E-state index in [0.717, 1.165) is 0 Å². The normalized spacial score (nSPS) is 10.4. The van der Waals surface area contributed by atoms with Gasteiger partial charge in [0, 0.05) is 17.1 Å². The van der Waals surface area contributed by atoms with Gasteiger partial charge in [0.1, 0.15) is 11.3 Å². The Hall–Kier alpha value is -1.77. The number of ketones is 1. The number of hydrogen-bond acceptors (Lipinski definition) is 2. The van der Waals surface area contributed by atoms with E-state index in [9.17, 15) is 9.18 Å². The number of carbonyl (C=O) groups is 1. The van der Waals surface area contributed by atoms with E-state index in [0.29, 0.717) is 16.5 Å². The Morgan fingerprint density at radius 3 is 2.93 bits per heavy atom. The van der Waals surface area contributed by atoms with Gasteiger partial charge in [-0.05, 0) is 25.1 Å². The lowest BCUT2D eigenvalue weighted by Crippen LogP contribution is -1.94. The molecule has 0 atom stereocenters. The van der Waals surface area contributed by atoms with Crippen LogP contribution in [0.4, 0.5) is 4.39 Å². The molecule has 70 valence electrons. The molecule has 14 heavy (non-hydrogen) atoms. The zero-order valence-electron chi connectivity index (χ0n) is 7.62. The van der Waals surface area contributed by atoms with Crippen molar-refractivity contribution < 1.29 is 9.18 Å². The van der Waals surface area contributed by atoms with Crippen LogP contribution in [-0.2, 0) is 0 Å². The van der Waals surface area contributed by atoms with Gasteiger partial charge in [-0.1, -0.05) is 6.07 Å². The predicted octanol–water partition coefficient (Wildman–Crippen LogP) is 2.58. The van der Waals surface area contributed by atoms with Gasteiger partial charge in [-0.2, -0.15) is 0 Å². The lowest BCUT2D eigenvalue weighted by molar-refractivity contribution is 0.101. The molecule has 1 aromatic heterocycles. The van der Waals surface area contributed by atoms with Crippen LogP contribution >= 0.6 is 0 Å². The van der Waals surface area contributed by atoms with Crippen molar-refractivity contribution in [3.63, 3.8) is 0 Å². The van der Waals surface area contributed by atoms with Crippen molar-refractivity contribution >= 4 is 16.7 Å². The Balaban J connectivity index is 2.78. The minimum Gasteiger partial charge on any atom is -0.295 e. The van der Waals surface area contributed by atoms with Crippen LogP contribution in [0.15, 0.2) is 30.5 Å². The van der Waals surface area contributed by atoms with Crippen molar-refractivity contribution in [2.45, 2.75) is 6.92 Å². The van der Waals surface area contributed by atoms with Crippen LogP contribution in [0.25, 0.3) is 10.9 Å². The number of carbonyl (C=O) groups excluding carboxylic acids is 1. The molecule has 1 heterocycles. The summed E-state index contributed by atoms with van der Waals surface area (Å²) in [5, 5.41) is 0.651. The Bertz CT molecular complexity index is 508. The van der Waals surface area contributed by atoms with Gasteiger partial charge in [0.05, 0.1) is 0 Å². The van der Waals surface area contributed by atoms with Gasteiger partial charge in [-0.3, -0.25) is 9.78 Å². The molecule has 0 aliphatic carbocycles. The molecule has 0 spiro atoms. The molecule has 0 saturated heterocycles. The summed E-state index contributed by atoms with van der Waals surface area (Å²) in [6, 6.07) is 6.31. The van der Waals surface area contributed by atoms with Crippen molar-refractivity contribution in [2.24, 2.45) is 0 Å². The smallest absolute Gasteiger partial charge is 0.159 e. The van der Waals surface area contributed by atoms with Gasteiger partial charge >= 0.3 is 0 Å². The van der Waals surface area contributed by atoms with Crippen LogP contribution in [0.1, 0.15) is 17.3 Å². The molecule has 0 aliphatic rings. The van der Waals surface area contributed by atoms with Gasteiger partial charge in [-0.15, -0.1) is 0 Å². The highest BCUT2D eigenvalue weighted by Gasteiger charge is 2.06. The van der Waals surface area contributed by atoms with E-state index < -0.39 is 5.82 Å². The van der Waals surface area contributed by atoms with Crippen molar-refractivity contribution in [1.29, 1.82) is 0 Å². The Labute approximate surface area is 80.4 Å². The topological polar surface area (TPSA) is 30.0 Å². The number of rotatable bonds is 1. The van der Waals surface area contributed by atoms with Crippen LogP contribution in [-0.4, -0.2) is 10.8 Å². The van der Waals surface area contributed by atoms with E-state index in [1.165, 1.54) is 19.2 Å². The SMILES string of the molecule is CC(=O)c1cc(F)c2ncccc2c1. The summed E-state index contributed by atoms with van der Waals surface area (Å²) in [4.78, 5) is 14.9. The van der Waals surface area contributed by atoms with E-state index in [1.807, 2.05) is 0 Å². The molecule has 0 aliphatic heterocycles. The van der Waals surface area contributed by atoms with E-state index >= 15 is 0 Å². The second-order valence-electron chi connectivity index (χ2n) is 3.09. The molecule has 2 rings (SSSR count). The predicted molar refractivity (Wildman–Crippen MR) is 51.7 cm³/mol. The van der Waals surface area contributed by atoms with Crippen LogP contribution in [0, 0.1) is 5.82 Å².